The minimum absolute atomic E-state index is 0.494. The van der Waals surface area contributed by atoms with Crippen molar-refractivity contribution < 1.29 is 4.74 Å². The first-order valence-corrected chi connectivity index (χ1v) is 6.65. The Balaban J connectivity index is 2.43. The largest absolute Gasteiger partial charge is 0.385 e. The fourth-order valence-electron chi connectivity index (χ4n) is 1.99. The normalized spacial score (nSPS) is 12.6. The van der Waals surface area contributed by atoms with Gasteiger partial charge in [-0.3, -0.25) is 0 Å². The van der Waals surface area contributed by atoms with Crippen LogP contribution in [0, 0.1) is 0 Å². The maximum atomic E-state index is 5.09. The second-order valence-corrected chi connectivity index (χ2v) is 4.41. The lowest BCUT2D eigenvalue weighted by Gasteiger charge is -2.18. The van der Waals surface area contributed by atoms with Crippen molar-refractivity contribution in [3.8, 4) is 0 Å². The van der Waals surface area contributed by atoms with E-state index in [0.717, 1.165) is 19.6 Å². The molecule has 1 atom stereocenters. The molecule has 2 heteroatoms. The number of benzene rings is 1. The van der Waals surface area contributed by atoms with Crippen molar-refractivity contribution in [1.82, 2.24) is 5.32 Å². The Morgan fingerprint density at radius 3 is 2.59 bits per heavy atom. The summed E-state index contributed by atoms with van der Waals surface area (Å²) >= 11 is 0. The van der Waals surface area contributed by atoms with Crippen LogP contribution < -0.4 is 5.32 Å². The standard InChI is InChI=1S/C15H25NO/c1-3-12-16-15(11-7-8-13-17-2)14-9-5-4-6-10-14/h4-6,9-10,15-16H,3,7-8,11-13H2,1-2H3. The fraction of sp³-hybridized carbons (Fsp3) is 0.600. The summed E-state index contributed by atoms with van der Waals surface area (Å²) in [4.78, 5) is 0. The smallest absolute Gasteiger partial charge is 0.0462 e. The van der Waals surface area contributed by atoms with E-state index in [4.69, 9.17) is 4.74 Å². The molecule has 0 fully saturated rings. The third kappa shape index (κ3) is 5.85. The van der Waals surface area contributed by atoms with Gasteiger partial charge in [-0.05, 0) is 37.8 Å². The minimum Gasteiger partial charge on any atom is -0.385 e. The molecular weight excluding hydrogens is 210 g/mol. The average molecular weight is 235 g/mol. The van der Waals surface area contributed by atoms with Crippen molar-refractivity contribution in [2.75, 3.05) is 20.3 Å². The van der Waals surface area contributed by atoms with Crippen LogP contribution in [0.5, 0.6) is 0 Å². The third-order valence-corrected chi connectivity index (χ3v) is 2.93. The molecule has 1 aromatic carbocycles. The second-order valence-electron chi connectivity index (χ2n) is 4.41. The van der Waals surface area contributed by atoms with Crippen LogP contribution in [0.4, 0.5) is 0 Å². The molecule has 0 saturated heterocycles. The molecule has 0 bridgehead atoms. The van der Waals surface area contributed by atoms with Gasteiger partial charge in [0.25, 0.3) is 0 Å². The zero-order valence-corrected chi connectivity index (χ0v) is 11.1. The zero-order chi connectivity index (χ0) is 12.3. The molecular formula is C15H25NO. The summed E-state index contributed by atoms with van der Waals surface area (Å²) in [5.41, 5.74) is 1.40. The van der Waals surface area contributed by atoms with Crippen molar-refractivity contribution in [3.05, 3.63) is 35.9 Å². The van der Waals surface area contributed by atoms with E-state index in [0.29, 0.717) is 6.04 Å². The summed E-state index contributed by atoms with van der Waals surface area (Å²) in [6, 6.07) is 11.2. The van der Waals surface area contributed by atoms with Gasteiger partial charge in [-0.1, -0.05) is 37.3 Å². The van der Waals surface area contributed by atoms with E-state index in [1.807, 2.05) is 0 Å². The van der Waals surface area contributed by atoms with Gasteiger partial charge in [0, 0.05) is 19.8 Å². The van der Waals surface area contributed by atoms with E-state index in [-0.39, 0.29) is 0 Å². The number of ether oxygens (including phenoxy) is 1. The predicted molar refractivity (Wildman–Crippen MR) is 73.2 cm³/mol. The van der Waals surface area contributed by atoms with Gasteiger partial charge in [-0.15, -0.1) is 0 Å². The average Bonchev–Trinajstić information content (AvgIpc) is 2.39. The van der Waals surface area contributed by atoms with Crippen LogP contribution in [-0.4, -0.2) is 20.3 Å². The van der Waals surface area contributed by atoms with Gasteiger partial charge >= 0.3 is 0 Å². The summed E-state index contributed by atoms with van der Waals surface area (Å²) in [5, 5.41) is 3.62. The molecule has 17 heavy (non-hydrogen) atoms. The molecule has 0 aliphatic heterocycles. The first-order valence-electron chi connectivity index (χ1n) is 6.65. The molecule has 1 aromatic rings. The van der Waals surface area contributed by atoms with Crippen LogP contribution in [0.1, 0.15) is 44.2 Å². The molecule has 2 nitrogen and oxygen atoms in total. The summed E-state index contributed by atoms with van der Waals surface area (Å²) in [7, 11) is 1.77. The number of hydrogen-bond acceptors (Lipinski definition) is 2. The van der Waals surface area contributed by atoms with Gasteiger partial charge in [0.1, 0.15) is 0 Å². The molecule has 0 aromatic heterocycles. The van der Waals surface area contributed by atoms with Gasteiger partial charge < -0.3 is 10.1 Å². The number of nitrogens with one attached hydrogen (secondary N) is 1. The van der Waals surface area contributed by atoms with Gasteiger partial charge in [0.05, 0.1) is 0 Å². The Hall–Kier alpha value is -0.860. The van der Waals surface area contributed by atoms with Crippen molar-refractivity contribution >= 4 is 0 Å². The van der Waals surface area contributed by atoms with E-state index >= 15 is 0 Å². The van der Waals surface area contributed by atoms with E-state index in [1.165, 1.54) is 24.8 Å². The summed E-state index contributed by atoms with van der Waals surface area (Å²) in [6.07, 6.45) is 4.73. The number of hydrogen-bond donors (Lipinski definition) is 1. The highest BCUT2D eigenvalue weighted by Crippen LogP contribution is 2.19. The second kappa shape index (κ2) is 9.20. The topological polar surface area (TPSA) is 21.3 Å². The van der Waals surface area contributed by atoms with E-state index < -0.39 is 0 Å². The number of unbranched alkanes of at least 4 members (excludes halogenated alkanes) is 1. The highest BCUT2D eigenvalue weighted by Gasteiger charge is 2.09. The monoisotopic (exact) mass is 235 g/mol. The molecule has 0 aliphatic rings. The number of methoxy groups -OCH3 is 1. The van der Waals surface area contributed by atoms with Crippen LogP contribution >= 0.6 is 0 Å². The highest BCUT2D eigenvalue weighted by atomic mass is 16.5. The fourth-order valence-corrected chi connectivity index (χ4v) is 1.99. The molecule has 0 amide bonds. The Bertz CT molecular complexity index is 274. The lowest BCUT2D eigenvalue weighted by molar-refractivity contribution is 0.191. The third-order valence-electron chi connectivity index (χ3n) is 2.93. The minimum atomic E-state index is 0.494. The van der Waals surface area contributed by atoms with Crippen LogP contribution in [-0.2, 0) is 4.74 Å². The lowest BCUT2D eigenvalue weighted by atomic mass is 10.0. The van der Waals surface area contributed by atoms with Crippen LogP contribution in [0.3, 0.4) is 0 Å². The van der Waals surface area contributed by atoms with Crippen molar-refractivity contribution in [3.63, 3.8) is 0 Å². The van der Waals surface area contributed by atoms with Crippen LogP contribution in [0.2, 0.25) is 0 Å². The van der Waals surface area contributed by atoms with Crippen molar-refractivity contribution in [2.45, 2.75) is 38.6 Å². The molecule has 96 valence electrons. The maximum Gasteiger partial charge on any atom is 0.0462 e. The van der Waals surface area contributed by atoms with Gasteiger partial charge in [-0.25, -0.2) is 0 Å². The number of rotatable bonds is 9. The van der Waals surface area contributed by atoms with E-state index in [9.17, 15) is 0 Å². The SMILES string of the molecule is CCCNC(CCCCOC)c1ccccc1. The predicted octanol–water partition coefficient (Wildman–Crippen LogP) is 3.54. The Morgan fingerprint density at radius 2 is 1.94 bits per heavy atom. The summed E-state index contributed by atoms with van der Waals surface area (Å²) in [6.45, 7) is 4.17. The molecule has 0 radical (unpaired) electrons. The molecule has 0 spiro atoms. The molecule has 1 unspecified atom stereocenters. The first-order chi connectivity index (χ1) is 8.38. The molecule has 0 saturated carbocycles. The molecule has 1 rings (SSSR count). The molecule has 1 N–H and O–H groups in total. The van der Waals surface area contributed by atoms with Crippen molar-refractivity contribution in [2.24, 2.45) is 0 Å². The Morgan fingerprint density at radius 1 is 1.18 bits per heavy atom. The zero-order valence-electron chi connectivity index (χ0n) is 11.1. The summed E-state index contributed by atoms with van der Waals surface area (Å²) in [5.74, 6) is 0. The molecule has 0 heterocycles. The lowest BCUT2D eigenvalue weighted by Crippen LogP contribution is -2.22. The van der Waals surface area contributed by atoms with Crippen LogP contribution in [0.25, 0.3) is 0 Å². The quantitative estimate of drug-likeness (QED) is 0.661. The van der Waals surface area contributed by atoms with Crippen molar-refractivity contribution in [1.29, 1.82) is 0 Å². The Kier molecular flexibility index (Phi) is 7.69. The molecule has 0 aliphatic carbocycles. The summed E-state index contributed by atoms with van der Waals surface area (Å²) < 4.78 is 5.09. The van der Waals surface area contributed by atoms with E-state index in [2.05, 4.69) is 42.6 Å². The van der Waals surface area contributed by atoms with Crippen LogP contribution in [0.15, 0.2) is 30.3 Å². The van der Waals surface area contributed by atoms with Gasteiger partial charge in [-0.2, -0.15) is 0 Å². The highest BCUT2D eigenvalue weighted by molar-refractivity contribution is 5.18. The Labute approximate surface area is 105 Å². The van der Waals surface area contributed by atoms with E-state index in [1.54, 1.807) is 7.11 Å². The van der Waals surface area contributed by atoms with Gasteiger partial charge in [0.15, 0.2) is 0 Å². The van der Waals surface area contributed by atoms with Gasteiger partial charge in [0.2, 0.25) is 0 Å². The maximum absolute atomic E-state index is 5.09. The first kappa shape index (κ1) is 14.2.